The van der Waals surface area contributed by atoms with Crippen LogP contribution < -0.4 is 0 Å². The summed E-state index contributed by atoms with van der Waals surface area (Å²) in [5.41, 5.74) is 0. The first kappa shape index (κ1) is 10.6. The lowest BCUT2D eigenvalue weighted by Crippen LogP contribution is -1.94. The molecule has 0 spiro atoms. The Hall–Kier alpha value is -0.460. The lowest BCUT2D eigenvalue weighted by atomic mass is 10.4. The highest BCUT2D eigenvalue weighted by Crippen LogP contribution is 2.25. The molecule has 0 aliphatic carbocycles. The summed E-state index contributed by atoms with van der Waals surface area (Å²) in [5.74, 6) is 0. The largest absolute Gasteiger partial charge is 0.197 e. The van der Waals surface area contributed by atoms with E-state index >= 15 is 0 Å². The average Bonchev–Trinajstić information content (AvgIpc) is 2.17. The Balaban J connectivity index is 2.64. The van der Waals surface area contributed by atoms with Gasteiger partial charge in [0.15, 0.2) is 0 Å². The van der Waals surface area contributed by atoms with Gasteiger partial charge in [0.1, 0.15) is 0 Å². The maximum absolute atomic E-state index is 8.76. The van der Waals surface area contributed by atoms with Gasteiger partial charge in [0.25, 0.3) is 0 Å². The van der Waals surface area contributed by atoms with Crippen LogP contribution in [0.15, 0.2) is 33.6 Å². The molecule has 0 aliphatic rings. The molecule has 3 heteroatoms. The van der Waals surface area contributed by atoms with Gasteiger partial charge in [-0.15, -0.1) is 11.8 Å². The summed E-state index contributed by atoms with van der Waals surface area (Å²) in [7, 11) is 0. The van der Waals surface area contributed by atoms with Crippen molar-refractivity contribution >= 4 is 27.7 Å². The van der Waals surface area contributed by atoms with Gasteiger partial charge < -0.3 is 0 Å². The highest BCUT2D eigenvalue weighted by Gasteiger charge is 2.05. The Morgan fingerprint density at radius 2 is 2.08 bits per heavy atom. The van der Waals surface area contributed by atoms with E-state index in [1.807, 2.05) is 31.2 Å². The van der Waals surface area contributed by atoms with Crippen molar-refractivity contribution in [3.63, 3.8) is 0 Å². The molecule has 0 aliphatic heterocycles. The van der Waals surface area contributed by atoms with Crippen molar-refractivity contribution in [1.82, 2.24) is 0 Å². The number of rotatable bonds is 3. The summed E-state index contributed by atoms with van der Waals surface area (Å²) in [5, 5.41) is 8.83. The molecule has 1 nitrogen and oxygen atoms in total. The zero-order chi connectivity index (χ0) is 9.68. The van der Waals surface area contributed by atoms with E-state index in [0.717, 1.165) is 15.8 Å². The minimum Gasteiger partial charge on any atom is -0.197 e. The molecule has 1 atom stereocenters. The van der Waals surface area contributed by atoms with Crippen LogP contribution in [0.25, 0.3) is 0 Å². The van der Waals surface area contributed by atoms with Crippen LogP contribution in [-0.2, 0) is 0 Å². The third-order valence-electron chi connectivity index (χ3n) is 1.61. The predicted molar refractivity (Wildman–Crippen MR) is 59.7 cm³/mol. The van der Waals surface area contributed by atoms with Crippen LogP contribution in [-0.4, -0.2) is 5.25 Å². The molecule has 0 N–H and O–H groups in total. The molecule has 0 saturated carbocycles. The molecule has 0 bridgehead atoms. The normalized spacial score (nSPS) is 12.1. The van der Waals surface area contributed by atoms with Crippen molar-refractivity contribution in [3.05, 3.63) is 28.7 Å². The maximum atomic E-state index is 8.76. The molecule has 0 amide bonds. The summed E-state index contributed by atoms with van der Waals surface area (Å²) >= 11 is 4.99. The summed E-state index contributed by atoms with van der Waals surface area (Å²) in [6, 6.07) is 10.3. The molecule has 13 heavy (non-hydrogen) atoms. The molecule has 1 aromatic rings. The van der Waals surface area contributed by atoms with Crippen molar-refractivity contribution in [2.75, 3.05) is 0 Å². The number of nitrogens with zero attached hydrogens (tertiary/aromatic N) is 1. The molecule has 0 radical (unpaired) electrons. The van der Waals surface area contributed by atoms with E-state index in [9.17, 15) is 0 Å². The highest BCUT2D eigenvalue weighted by molar-refractivity contribution is 9.10. The number of benzene rings is 1. The first-order valence-corrected chi connectivity index (χ1v) is 5.75. The Morgan fingerprint density at radius 1 is 1.46 bits per heavy atom. The standard InChI is InChI=1S/C10H10BrNS/c1-2-9(7-12)13-10-5-3-8(11)4-6-10/h3-6,9H,2H2,1H3. The smallest absolute Gasteiger partial charge is 0.0961 e. The molecule has 0 heterocycles. The van der Waals surface area contributed by atoms with E-state index in [-0.39, 0.29) is 5.25 Å². The van der Waals surface area contributed by atoms with Crippen molar-refractivity contribution in [3.8, 4) is 6.07 Å². The van der Waals surface area contributed by atoms with Crippen LogP contribution in [0.4, 0.5) is 0 Å². The van der Waals surface area contributed by atoms with Crippen LogP contribution in [0, 0.1) is 11.3 Å². The van der Waals surface area contributed by atoms with Gasteiger partial charge in [-0.05, 0) is 30.7 Å². The van der Waals surface area contributed by atoms with Gasteiger partial charge in [-0.2, -0.15) is 5.26 Å². The number of thioether (sulfide) groups is 1. The lowest BCUT2D eigenvalue weighted by Gasteiger charge is -2.04. The minimum absolute atomic E-state index is 0.0705. The van der Waals surface area contributed by atoms with Gasteiger partial charge in [-0.1, -0.05) is 22.9 Å². The fourth-order valence-electron chi connectivity index (χ4n) is 0.878. The van der Waals surface area contributed by atoms with Crippen molar-refractivity contribution in [1.29, 1.82) is 5.26 Å². The zero-order valence-electron chi connectivity index (χ0n) is 7.33. The number of hydrogen-bond acceptors (Lipinski definition) is 2. The molecule has 0 fully saturated rings. The van der Waals surface area contributed by atoms with E-state index in [0.29, 0.717) is 0 Å². The predicted octanol–water partition coefficient (Wildman–Crippen LogP) is 3.84. The monoisotopic (exact) mass is 255 g/mol. The second-order valence-electron chi connectivity index (χ2n) is 2.60. The van der Waals surface area contributed by atoms with Gasteiger partial charge >= 0.3 is 0 Å². The third kappa shape index (κ3) is 3.41. The van der Waals surface area contributed by atoms with Crippen molar-refractivity contribution < 1.29 is 0 Å². The lowest BCUT2D eigenvalue weighted by molar-refractivity contribution is 0.985. The topological polar surface area (TPSA) is 23.8 Å². The van der Waals surface area contributed by atoms with Crippen LogP contribution in [0.2, 0.25) is 0 Å². The first-order chi connectivity index (χ1) is 6.26. The average molecular weight is 256 g/mol. The van der Waals surface area contributed by atoms with E-state index < -0.39 is 0 Å². The van der Waals surface area contributed by atoms with Gasteiger partial charge in [0.05, 0.1) is 11.3 Å². The number of hydrogen-bond donors (Lipinski definition) is 0. The van der Waals surface area contributed by atoms with Crippen molar-refractivity contribution in [2.45, 2.75) is 23.5 Å². The van der Waals surface area contributed by atoms with Crippen molar-refractivity contribution in [2.24, 2.45) is 0 Å². The maximum Gasteiger partial charge on any atom is 0.0961 e. The van der Waals surface area contributed by atoms with Crippen LogP contribution in [0.3, 0.4) is 0 Å². The van der Waals surface area contributed by atoms with Crippen LogP contribution in [0.5, 0.6) is 0 Å². The summed E-state index contributed by atoms with van der Waals surface area (Å²) in [6.07, 6.45) is 0.886. The minimum atomic E-state index is 0.0705. The van der Waals surface area contributed by atoms with Gasteiger partial charge in [0.2, 0.25) is 0 Å². The van der Waals surface area contributed by atoms with E-state index in [4.69, 9.17) is 5.26 Å². The van der Waals surface area contributed by atoms with Crippen LogP contribution in [0.1, 0.15) is 13.3 Å². The highest BCUT2D eigenvalue weighted by atomic mass is 79.9. The Labute approximate surface area is 91.3 Å². The fraction of sp³-hybridized carbons (Fsp3) is 0.300. The molecular formula is C10H10BrNS. The SMILES string of the molecule is CCC(C#N)Sc1ccc(Br)cc1. The van der Waals surface area contributed by atoms with Gasteiger partial charge in [-0.25, -0.2) is 0 Å². The number of nitriles is 1. The molecular weight excluding hydrogens is 246 g/mol. The first-order valence-electron chi connectivity index (χ1n) is 4.08. The molecule has 1 rings (SSSR count). The van der Waals surface area contributed by atoms with Gasteiger partial charge in [0, 0.05) is 9.37 Å². The molecule has 0 saturated heterocycles. The molecule has 0 aromatic heterocycles. The second-order valence-corrected chi connectivity index (χ2v) is 4.79. The van der Waals surface area contributed by atoms with E-state index in [2.05, 4.69) is 22.0 Å². The third-order valence-corrected chi connectivity index (χ3v) is 3.40. The summed E-state index contributed by atoms with van der Waals surface area (Å²) < 4.78 is 1.07. The summed E-state index contributed by atoms with van der Waals surface area (Å²) in [4.78, 5) is 1.15. The number of halogens is 1. The zero-order valence-corrected chi connectivity index (χ0v) is 9.73. The fourth-order valence-corrected chi connectivity index (χ4v) is 1.98. The molecule has 1 aromatic carbocycles. The van der Waals surface area contributed by atoms with Crippen LogP contribution >= 0.6 is 27.7 Å². The quantitative estimate of drug-likeness (QED) is 0.767. The van der Waals surface area contributed by atoms with E-state index in [1.54, 1.807) is 11.8 Å². The Bertz CT molecular complexity index is 302. The Morgan fingerprint density at radius 3 is 2.54 bits per heavy atom. The molecule has 1 unspecified atom stereocenters. The second kappa shape index (κ2) is 5.31. The Kier molecular flexibility index (Phi) is 4.34. The van der Waals surface area contributed by atoms with E-state index in [1.165, 1.54) is 0 Å². The molecule has 68 valence electrons. The van der Waals surface area contributed by atoms with Gasteiger partial charge in [-0.3, -0.25) is 0 Å². The summed E-state index contributed by atoms with van der Waals surface area (Å²) in [6.45, 7) is 2.03.